The Morgan fingerprint density at radius 2 is 1.67 bits per heavy atom. The van der Waals surface area contributed by atoms with Crippen LogP contribution < -0.4 is 14.8 Å². The monoisotopic (exact) mass is 544 g/mol. The van der Waals surface area contributed by atoms with Gasteiger partial charge in [0.05, 0.1) is 31.2 Å². The molecule has 39 heavy (non-hydrogen) atoms. The zero-order valence-electron chi connectivity index (χ0n) is 21.4. The lowest BCUT2D eigenvalue weighted by Gasteiger charge is -2.42. The fraction of sp³-hybridized carbons (Fsp3) is 0.161. The van der Waals surface area contributed by atoms with Crippen molar-refractivity contribution in [2.24, 2.45) is 0 Å². The number of nitrogens with one attached hydrogen (secondary N) is 1. The zero-order valence-corrected chi connectivity index (χ0v) is 22.1. The molecule has 0 bridgehead atoms. The van der Waals surface area contributed by atoms with Gasteiger partial charge < -0.3 is 19.7 Å². The van der Waals surface area contributed by atoms with E-state index in [1.54, 1.807) is 66.6 Å². The molecule has 2 atom stereocenters. The number of hydrogen-bond acceptors (Lipinski definition) is 4. The SMILES string of the molecule is COc1ccc([C@H]2[C@H](C(=O)Nc3ccc(OC)c(Cl)c3)c3ccccc3C(=O)N2Cc2ccc(F)cc2)cc1. The first-order valence-electron chi connectivity index (χ1n) is 12.3. The van der Waals surface area contributed by atoms with Crippen molar-refractivity contribution in [3.05, 3.63) is 124 Å². The fourth-order valence-corrected chi connectivity index (χ4v) is 5.23. The van der Waals surface area contributed by atoms with E-state index in [9.17, 15) is 14.0 Å². The highest BCUT2D eigenvalue weighted by Gasteiger charge is 2.44. The second-order valence-electron chi connectivity index (χ2n) is 9.18. The van der Waals surface area contributed by atoms with Gasteiger partial charge in [-0.1, -0.05) is 54.1 Å². The largest absolute Gasteiger partial charge is 0.497 e. The second kappa shape index (κ2) is 11.2. The Labute approximate surface area is 230 Å². The molecule has 8 heteroatoms. The number of anilines is 1. The molecule has 0 saturated carbocycles. The number of carbonyl (C=O) groups is 2. The highest BCUT2D eigenvalue weighted by molar-refractivity contribution is 6.32. The van der Waals surface area contributed by atoms with Crippen LogP contribution in [0.15, 0.2) is 91.0 Å². The second-order valence-corrected chi connectivity index (χ2v) is 9.59. The summed E-state index contributed by atoms with van der Waals surface area (Å²) in [6.07, 6.45) is 0. The summed E-state index contributed by atoms with van der Waals surface area (Å²) >= 11 is 6.31. The van der Waals surface area contributed by atoms with Crippen LogP contribution in [0.5, 0.6) is 11.5 Å². The molecule has 0 aromatic heterocycles. The Kier molecular flexibility index (Phi) is 7.52. The minimum atomic E-state index is -0.756. The lowest BCUT2D eigenvalue weighted by molar-refractivity contribution is -0.119. The number of nitrogens with zero attached hydrogens (tertiary/aromatic N) is 1. The number of hydrogen-bond donors (Lipinski definition) is 1. The summed E-state index contributed by atoms with van der Waals surface area (Å²) in [7, 11) is 3.09. The predicted molar refractivity (Wildman–Crippen MR) is 148 cm³/mol. The number of methoxy groups -OCH3 is 2. The normalized spacial score (nSPS) is 16.4. The van der Waals surface area contributed by atoms with Gasteiger partial charge in [0.1, 0.15) is 17.3 Å². The number of rotatable bonds is 7. The maximum absolute atomic E-state index is 14.1. The van der Waals surface area contributed by atoms with E-state index in [0.29, 0.717) is 33.3 Å². The van der Waals surface area contributed by atoms with Crippen LogP contribution in [0.1, 0.15) is 39.0 Å². The Hall–Kier alpha value is -4.36. The molecular weight excluding hydrogens is 519 g/mol. The molecule has 1 N–H and O–H groups in total. The molecule has 198 valence electrons. The summed E-state index contributed by atoms with van der Waals surface area (Å²) in [4.78, 5) is 29.6. The highest BCUT2D eigenvalue weighted by Crippen LogP contribution is 2.44. The van der Waals surface area contributed by atoms with Crippen molar-refractivity contribution < 1.29 is 23.5 Å². The van der Waals surface area contributed by atoms with Gasteiger partial charge in [-0.05, 0) is 65.2 Å². The fourth-order valence-electron chi connectivity index (χ4n) is 4.97. The summed E-state index contributed by atoms with van der Waals surface area (Å²) in [6, 6.07) is 24.8. The van der Waals surface area contributed by atoms with Crippen LogP contribution in [0, 0.1) is 5.82 Å². The third kappa shape index (κ3) is 5.31. The molecule has 0 fully saturated rings. The molecule has 2 amide bonds. The smallest absolute Gasteiger partial charge is 0.255 e. The van der Waals surface area contributed by atoms with Gasteiger partial charge in [-0.25, -0.2) is 4.39 Å². The van der Waals surface area contributed by atoms with Crippen LogP contribution in [0.2, 0.25) is 5.02 Å². The van der Waals surface area contributed by atoms with Crippen LogP contribution in [0.4, 0.5) is 10.1 Å². The average molecular weight is 545 g/mol. The Morgan fingerprint density at radius 3 is 2.33 bits per heavy atom. The van der Waals surface area contributed by atoms with E-state index in [1.165, 1.54) is 19.2 Å². The minimum absolute atomic E-state index is 0.183. The van der Waals surface area contributed by atoms with Crippen LogP contribution in [0.25, 0.3) is 0 Å². The lowest BCUT2D eigenvalue weighted by Crippen LogP contribution is -2.45. The van der Waals surface area contributed by atoms with Crippen molar-refractivity contribution in [3.8, 4) is 11.5 Å². The standard InChI is InChI=1S/C31H26ClFN2O4/c1-38-23-14-9-20(10-15-23)29-28(30(36)34-22-13-16-27(39-2)26(32)17-22)24-5-3-4-6-25(24)31(37)35(29)18-19-7-11-21(33)12-8-19/h3-17,28-29H,18H2,1-2H3,(H,34,36)/t28-,29+/m1/s1. The predicted octanol–water partition coefficient (Wildman–Crippen LogP) is 6.62. The van der Waals surface area contributed by atoms with Gasteiger partial charge in [0, 0.05) is 17.8 Å². The van der Waals surface area contributed by atoms with E-state index < -0.39 is 12.0 Å². The molecule has 1 aliphatic heterocycles. The van der Waals surface area contributed by atoms with Crippen molar-refractivity contribution in [2.75, 3.05) is 19.5 Å². The van der Waals surface area contributed by atoms with Gasteiger partial charge in [0.25, 0.3) is 5.91 Å². The van der Waals surface area contributed by atoms with Crippen molar-refractivity contribution in [2.45, 2.75) is 18.5 Å². The van der Waals surface area contributed by atoms with Gasteiger partial charge in [-0.3, -0.25) is 9.59 Å². The molecule has 6 nitrogen and oxygen atoms in total. The number of benzene rings is 4. The van der Waals surface area contributed by atoms with E-state index in [-0.39, 0.29) is 24.2 Å². The maximum atomic E-state index is 14.1. The number of fused-ring (bicyclic) bond motifs is 1. The molecule has 1 heterocycles. The molecule has 0 radical (unpaired) electrons. The number of ether oxygens (including phenoxy) is 2. The zero-order chi connectivity index (χ0) is 27.5. The van der Waals surface area contributed by atoms with Crippen molar-refractivity contribution in [3.63, 3.8) is 0 Å². The molecule has 0 saturated heterocycles. The van der Waals surface area contributed by atoms with Crippen molar-refractivity contribution in [1.29, 1.82) is 0 Å². The van der Waals surface area contributed by atoms with E-state index in [4.69, 9.17) is 21.1 Å². The van der Waals surface area contributed by atoms with Gasteiger partial charge in [0.2, 0.25) is 5.91 Å². The minimum Gasteiger partial charge on any atom is -0.497 e. The molecule has 4 aromatic rings. The molecule has 4 aromatic carbocycles. The quantitative estimate of drug-likeness (QED) is 0.284. The molecule has 5 rings (SSSR count). The van der Waals surface area contributed by atoms with E-state index in [0.717, 1.165) is 11.1 Å². The van der Waals surface area contributed by atoms with Crippen molar-refractivity contribution in [1.82, 2.24) is 4.90 Å². The van der Waals surface area contributed by atoms with Gasteiger partial charge in [0.15, 0.2) is 0 Å². The van der Waals surface area contributed by atoms with E-state index in [2.05, 4.69) is 5.32 Å². The Morgan fingerprint density at radius 1 is 0.949 bits per heavy atom. The first-order valence-corrected chi connectivity index (χ1v) is 12.7. The van der Waals surface area contributed by atoms with E-state index >= 15 is 0 Å². The van der Waals surface area contributed by atoms with Crippen LogP contribution in [-0.4, -0.2) is 30.9 Å². The summed E-state index contributed by atoms with van der Waals surface area (Å²) in [5.41, 5.74) is 3.06. The van der Waals surface area contributed by atoms with Crippen molar-refractivity contribution >= 4 is 29.1 Å². The summed E-state index contributed by atoms with van der Waals surface area (Å²) < 4.78 is 24.2. The lowest BCUT2D eigenvalue weighted by atomic mass is 9.79. The Balaban J connectivity index is 1.61. The third-order valence-electron chi connectivity index (χ3n) is 6.86. The molecule has 0 aliphatic carbocycles. The van der Waals surface area contributed by atoms with Gasteiger partial charge in [-0.15, -0.1) is 0 Å². The molecular formula is C31H26ClFN2O4. The molecule has 0 unspecified atom stereocenters. The molecule has 1 aliphatic rings. The van der Waals surface area contributed by atoms with Gasteiger partial charge in [-0.2, -0.15) is 0 Å². The van der Waals surface area contributed by atoms with Crippen LogP contribution >= 0.6 is 11.6 Å². The third-order valence-corrected chi connectivity index (χ3v) is 7.16. The Bertz CT molecular complexity index is 1510. The average Bonchev–Trinajstić information content (AvgIpc) is 2.95. The number of halogens is 2. The van der Waals surface area contributed by atoms with Gasteiger partial charge >= 0.3 is 0 Å². The first kappa shape index (κ1) is 26.3. The topological polar surface area (TPSA) is 67.9 Å². The number of carbonyl (C=O) groups excluding carboxylic acids is 2. The first-order chi connectivity index (χ1) is 18.9. The summed E-state index contributed by atoms with van der Waals surface area (Å²) in [5.74, 6) is -0.497. The maximum Gasteiger partial charge on any atom is 0.255 e. The summed E-state index contributed by atoms with van der Waals surface area (Å²) in [5, 5.41) is 3.34. The van der Waals surface area contributed by atoms with Crippen LogP contribution in [0.3, 0.4) is 0 Å². The highest BCUT2D eigenvalue weighted by atomic mass is 35.5. The van der Waals surface area contributed by atoms with E-state index in [1.807, 2.05) is 24.3 Å². The molecule has 0 spiro atoms. The van der Waals surface area contributed by atoms with Crippen LogP contribution in [-0.2, 0) is 11.3 Å². The summed E-state index contributed by atoms with van der Waals surface area (Å²) in [6.45, 7) is 0.183. The number of amides is 2.